The van der Waals surface area contributed by atoms with Crippen molar-refractivity contribution in [2.24, 2.45) is 11.7 Å². The van der Waals surface area contributed by atoms with Crippen LogP contribution in [0.4, 0.5) is 0 Å². The van der Waals surface area contributed by atoms with Gasteiger partial charge in [0.1, 0.15) is 11.5 Å². The summed E-state index contributed by atoms with van der Waals surface area (Å²) in [6, 6.07) is 4.28. The highest BCUT2D eigenvalue weighted by molar-refractivity contribution is 5.47. The Labute approximate surface area is 116 Å². The molecule has 0 radical (unpaired) electrons. The molecule has 1 rings (SSSR count). The van der Waals surface area contributed by atoms with E-state index in [0.29, 0.717) is 12.5 Å². The van der Waals surface area contributed by atoms with Crippen molar-refractivity contribution in [1.29, 1.82) is 0 Å². The molecular weight excluding hydrogens is 240 g/mol. The summed E-state index contributed by atoms with van der Waals surface area (Å²) in [7, 11) is 5.35. The number of aryl methyl sites for hydroxylation is 1. The topological polar surface area (TPSA) is 56.5 Å². The van der Waals surface area contributed by atoms with E-state index in [2.05, 4.69) is 18.3 Å². The second-order valence-corrected chi connectivity index (χ2v) is 4.98. The van der Waals surface area contributed by atoms with E-state index in [4.69, 9.17) is 15.2 Å². The summed E-state index contributed by atoms with van der Waals surface area (Å²) < 4.78 is 10.9. The van der Waals surface area contributed by atoms with E-state index in [-0.39, 0.29) is 6.04 Å². The zero-order valence-corrected chi connectivity index (χ0v) is 12.6. The van der Waals surface area contributed by atoms with Crippen molar-refractivity contribution in [2.45, 2.75) is 26.3 Å². The first-order chi connectivity index (χ1) is 9.07. The fourth-order valence-electron chi connectivity index (χ4n) is 2.25. The van der Waals surface area contributed by atoms with Crippen molar-refractivity contribution in [1.82, 2.24) is 5.32 Å². The summed E-state index contributed by atoms with van der Waals surface area (Å²) in [5, 5.41) is 3.34. The van der Waals surface area contributed by atoms with Gasteiger partial charge < -0.3 is 20.5 Å². The number of hydrogen-bond acceptors (Lipinski definition) is 4. The SMILES string of the molecule is CNC(CC(C)CN)c1cc(OC)c(C)cc1OC. The molecule has 0 aliphatic heterocycles. The van der Waals surface area contributed by atoms with Crippen molar-refractivity contribution in [2.75, 3.05) is 27.8 Å². The van der Waals surface area contributed by atoms with Gasteiger partial charge >= 0.3 is 0 Å². The lowest BCUT2D eigenvalue weighted by Crippen LogP contribution is -2.23. The van der Waals surface area contributed by atoms with Gasteiger partial charge in [-0.05, 0) is 50.6 Å². The van der Waals surface area contributed by atoms with Gasteiger partial charge in [-0.15, -0.1) is 0 Å². The molecule has 0 amide bonds. The lowest BCUT2D eigenvalue weighted by molar-refractivity contribution is 0.376. The summed E-state index contributed by atoms with van der Waals surface area (Å²) >= 11 is 0. The Bertz CT molecular complexity index is 407. The molecule has 0 fully saturated rings. The summed E-state index contributed by atoms with van der Waals surface area (Å²) in [6.07, 6.45) is 0.968. The standard InChI is InChI=1S/C15H26N2O2/c1-10(9-16)6-13(17-3)12-8-14(18-4)11(2)7-15(12)19-5/h7-8,10,13,17H,6,9,16H2,1-5H3. The quantitative estimate of drug-likeness (QED) is 0.795. The molecule has 1 aromatic carbocycles. The van der Waals surface area contributed by atoms with Gasteiger partial charge in [-0.3, -0.25) is 0 Å². The van der Waals surface area contributed by atoms with Gasteiger partial charge in [-0.25, -0.2) is 0 Å². The smallest absolute Gasteiger partial charge is 0.124 e. The van der Waals surface area contributed by atoms with Crippen molar-refractivity contribution >= 4 is 0 Å². The number of benzene rings is 1. The maximum atomic E-state index is 5.72. The molecule has 3 N–H and O–H groups in total. The number of methoxy groups -OCH3 is 2. The molecule has 0 aliphatic rings. The highest BCUT2D eigenvalue weighted by Gasteiger charge is 2.19. The first kappa shape index (κ1) is 15.8. The second kappa shape index (κ2) is 7.36. The zero-order chi connectivity index (χ0) is 14.4. The summed E-state index contributed by atoms with van der Waals surface area (Å²) in [6.45, 7) is 4.85. The van der Waals surface area contributed by atoms with Crippen LogP contribution < -0.4 is 20.5 Å². The van der Waals surface area contributed by atoms with E-state index in [1.807, 2.05) is 20.0 Å². The van der Waals surface area contributed by atoms with Gasteiger partial charge in [0.15, 0.2) is 0 Å². The van der Waals surface area contributed by atoms with Gasteiger partial charge in [-0.2, -0.15) is 0 Å². The van der Waals surface area contributed by atoms with E-state index in [1.54, 1.807) is 14.2 Å². The number of ether oxygens (including phenoxy) is 2. The number of nitrogens with two attached hydrogens (primary N) is 1. The summed E-state index contributed by atoms with van der Waals surface area (Å²) in [5.74, 6) is 2.23. The molecule has 0 aromatic heterocycles. The molecule has 0 spiro atoms. The van der Waals surface area contributed by atoms with Crippen LogP contribution in [0.15, 0.2) is 12.1 Å². The first-order valence-corrected chi connectivity index (χ1v) is 6.67. The summed E-state index contributed by atoms with van der Waals surface area (Å²) in [4.78, 5) is 0. The predicted octanol–water partition coefficient (Wildman–Crippen LogP) is 2.26. The second-order valence-electron chi connectivity index (χ2n) is 4.98. The van der Waals surface area contributed by atoms with E-state index >= 15 is 0 Å². The van der Waals surface area contributed by atoms with Crippen molar-refractivity contribution in [3.8, 4) is 11.5 Å². The number of nitrogens with one attached hydrogen (secondary N) is 1. The van der Waals surface area contributed by atoms with Crippen LogP contribution in [0.3, 0.4) is 0 Å². The Hall–Kier alpha value is -1.26. The zero-order valence-electron chi connectivity index (χ0n) is 12.6. The Morgan fingerprint density at radius 1 is 1.21 bits per heavy atom. The van der Waals surface area contributed by atoms with Gasteiger partial charge in [0.05, 0.1) is 14.2 Å². The maximum absolute atomic E-state index is 5.72. The fraction of sp³-hybridized carbons (Fsp3) is 0.600. The fourth-order valence-corrected chi connectivity index (χ4v) is 2.25. The molecule has 2 atom stereocenters. The van der Waals surface area contributed by atoms with Crippen LogP contribution in [0.5, 0.6) is 11.5 Å². The van der Waals surface area contributed by atoms with Crippen LogP contribution >= 0.6 is 0 Å². The van der Waals surface area contributed by atoms with E-state index < -0.39 is 0 Å². The third-order valence-electron chi connectivity index (χ3n) is 3.51. The van der Waals surface area contributed by atoms with Crippen LogP contribution in [0.25, 0.3) is 0 Å². The molecular formula is C15H26N2O2. The molecule has 0 bridgehead atoms. The Morgan fingerprint density at radius 3 is 2.32 bits per heavy atom. The first-order valence-electron chi connectivity index (χ1n) is 6.67. The lowest BCUT2D eigenvalue weighted by atomic mass is 9.94. The largest absolute Gasteiger partial charge is 0.496 e. The highest BCUT2D eigenvalue weighted by atomic mass is 16.5. The maximum Gasteiger partial charge on any atom is 0.124 e. The van der Waals surface area contributed by atoms with Gasteiger partial charge in [0, 0.05) is 11.6 Å². The Balaban J connectivity index is 3.13. The predicted molar refractivity (Wildman–Crippen MR) is 78.9 cm³/mol. The van der Waals surface area contributed by atoms with Crippen molar-refractivity contribution < 1.29 is 9.47 Å². The molecule has 0 heterocycles. The van der Waals surface area contributed by atoms with Gasteiger partial charge in [0.25, 0.3) is 0 Å². The van der Waals surface area contributed by atoms with Gasteiger partial charge in [0.2, 0.25) is 0 Å². The highest BCUT2D eigenvalue weighted by Crippen LogP contribution is 2.34. The minimum atomic E-state index is 0.211. The Kier molecular flexibility index (Phi) is 6.12. The van der Waals surface area contributed by atoms with Crippen LogP contribution in [-0.4, -0.2) is 27.8 Å². The van der Waals surface area contributed by atoms with Crippen molar-refractivity contribution in [3.05, 3.63) is 23.3 Å². The van der Waals surface area contributed by atoms with Gasteiger partial charge in [-0.1, -0.05) is 6.92 Å². The molecule has 1 aromatic rings. The normalized spacial score (nSPS) is 14.0. The Morgan fingerprint density at radius 2 is 1.84 bits per heavy atom. The molecule has 19 heavy (non-hydrogen) atoms. The summed E-state index contributed by atoms with van der Waals surface area (Å²) in [5.41, 5.74) is 7.91. The van der Waals surface area contributed by atoms with Crippen LogP contribution in [0, 0.1) is 12.8 Å². The minimum absolute atomic E-state index is 0.211. The van der Waals surface area contributed by atoms with Crippen LogP contribution in [0.1, 0.15) is 30.5 Å². The number of hydrogen-bond donors (Lipinski definition) is 2. The van der Waals surface area contributed by atoms with Crippen LogP contribution in [-0.2, 0) is 0 Å². The monoisotopic (exact) mass is 266 g/mol. The van der Waals surface area contributed by atoms with Crippen LogP contribution in [0.2, 0.25) is 0 Å². The third-order valence-corrected chi connectivity index (χ3v) is 3.51. The molecule has 0 aliphatic carbocycles. The average molecular weight is 266 g/mol. The van der Waals surface area contributed by atoms with Crippen molar-refractivity contribution in [3.63, 3.8) is 0 Å². The molecule has 4 heteroatoms. The minimum Gasteiger partial charge on any atom is -0.496 e. The van der Waals surface area contributed by atoms with E-state index in [9.17, 15) is 0 Å². The number of rotatable bonds is 7. The molecule has 4 nitrogen and oxygen atoms in total. The average Bonchev–Trinajstić information content (AvgIpc) is 2.44. The van der Waals surface area contributed by atoms with E-state index in [0.717, 1.165) is 29.0 Å². The van der Waals surface area contributed by atoms with E-state index in [1.165, 1.54) is 0 Å². The molecule has 0 saturated carbocycles. The third kappa shape index (κ3) is 3.85. The molecule has 2 unspecified atom stereocenters. The molecule has 0 saturated heterocycles. The molecule has 108 valence electrons. The lowest BCUT2D eigenvalue weighted by Gasteiger charge is -2.23.